The SMILES string of the molecule is CC1(C)CCC(N)CN1C(=O)NC1CC1. The van der Waals surface area contributed by atoms with Crippen molar-refractivity contribution < 1.29 is 4.79 Å². The predicted molar refractivity (Wildman–Crippen MR) is 59.5 cm³/mol. The number of carbonyl (C=O) groups excluding carboxylic acids is 1. The normalized spacial score (nSPS) is 30.1. The fraction of sp³-hybridized carbons (Fsp3) is 0.909. The van der Waals surface area contributed by atoms with Crippen molar-refractivity contribution in [2.45, 2.75) is 57.2 Å². The Morgan fingerprint density at radius 3 is 2.67 bits per heavy atom. The molecule has 1 saturated carbocycles. The van der Waals surface area contributed by atoms with Gasteiger partial charge in [-0.2, -0.15) is 0 Å². The van der Waals surface area contributed by atoms with Gasteiger partial charge in [-0.3, -0.25) is 0 Å². The average molecular weight is 211 g/mol. The number of nitrogens with two attached hydrogens (primary N) is 1. The van der Waals surface area contributed by atoms with E-state index < -0.39 is 0 Å². The van der Waals surface area contributed by atoms with Gasteiger partial charge in [0.15, 0.2) is 0 Å². The Balaban J connectivity index is 1.99. The molecule has 3 N–H and O–H groups in total. The van der Waals surface area contributed by atoms with E-state index in [0.717, 1.165) is 25.7 Å². The Bertz CT molecular complexity index is 261. The van der Waals surface area contributed by atoms with Gasteiger partial charge in [0.2, 0.25) is 0 Å². The minimum atomic E-state index is -0.0468. The van der Waals surface area contributed by atoms with E-state index in [-0.39, 0.29) is 17.6 Å². The Morgan fingerprint density at radius 1 is 1.40 bits per heavy atom. The van der Waals surface area contributed by atoms with E-state index in [1.165, 1.54) is 0 Å². The molecule has 1 saturated heterocycles. The molecule has 2 amide bonds. The molecule has 0 aromatic rings. The Morgan fingerprint density at radius 2 is 2.07 bits per heavy atom. The maximum atomic E-state index is 12.0. The third kappa shape index (κ3) is 2.43. The number of amides is 2. The second kappa shape index (κ2) is 3.67. The van der Waals surface area contributed by atoms with Crippen molar-refractivity contribution in [3.05, 3.63) is 0 Å². The van der Waals surface area contributed by atoms with Crippen molar-refractivity contribution in [1.29, 1.82) is 0 Å². The fourth-order valence-electron chi connectivity index (χ4n) is 2.08. The van der Waals surface area contributed by atoms with E-state index >= 15 is 0 Å². The van der Waals surface area contributed by atoms with Crippen LogP contribution in [0.2, 0.25) is 0 Å². The summed E-state index contributed by atoms with van der Waals surface area (Å²) in [4.78, 5) is 13.9. The van der Waals surface area contributed by atoms with Gasteiger partial charge in [0, 0.05) is 24.2 Å². The van der Waals surface area contributed by atoms with Gasteiger partial charge in [-0.1, -0.05) is 0 Å². The van der Waals surface area contributed by atoms with E-state index in [2.05, 4.69) is 19.2 Å². The molecule has 2 fully saturated rings. The van der Waals surface area contributed by atoms with Gasteiger partial charge in [0.05, 0.1) is 0 Å². The Kier molecular flexibility index (Phi) is 2.63. The number of nitrogens with zero attached hydrogens (tertiary/aromatic N) is 1. The first-order valence-corrected chi connectivity index (χ1v) is 5.83. The van der Waals surface area contributed by atoms with Gasteiger partial charge >= 0.3 is 6.03 Å². The number of hydrogen-bond acceptors (Lipinski definition) is 2. The zero-order valence-electron chi connectivity index (χ0n) is 9.62. The van der Waals surface area contributed by atoms with Crippen LogP contribution >= 0.6 is 0 Å². The lowest BCUT2D eigenvalue weighted by Crippen LogP contribution is -2.59. The molecular weight excluding hydrogens is 190 g/mol. The summed E-state index contributed by atoms with van der Waals surface area (Å²) in [7, 11) is 0. The highest BCUT2D eigenvalue weighted by Gasteiger charge is 2.37. The summed E-state index contributed by atoms with van der Waals surface area (Å²) in [6, 6.07) is 0.632. The lowest BCUT2D eigenvalue weighted by atomic mass is 9.89. The number of hydrogen-bond donors (Lipinski definition) is 2. The second-order valence-electron chi connectivity index (χ2n) is 5.45. The number of nitrogens with one attached hydrogen (secondary N) is 1. The molecule has 1 aliphatic carbocycles. The number of carbonyl (C=O) groups is 1. The van der Waals surface area contributed by atoms with Crippen molar-refractivity contribution in [3.63, 3.8) is 0 Å². The van der Waals surface area contributed by atoms with Crippen molar-refractivity contribution in [2.24, 2.45) is 5.73 Å². The summed E-state index contributed by atoms with van der Waals surface area (Å²) in [5, 5.41) is 3.03. The lowest BCUT2D eigenvalue weighted by molar-refractivity contribution is 0.0929. The van der Waals surface area contributed by atoms with Crippen LogP contribution in [0, 0.1) is 0 Å². The van der Waals surface area contributed by atoms with Crippen LogP contribution in [0.15, 0.2) is 0 Å². The number of piperidine rings is 1. The number of urea groups is 1. The van der Waals surface area contributed by atoms with E-state index in [1.54, 1.807) is 0 Å². The zero-order chi connectivity index (χ0) is 11.1. The monoisotopic (exact) mass is 211 g/mol. The standard InChI is InChI=1S/C11H21N3O/c1-11(2)6-5-8(12)7-14(11)10(15)13-9-3-4-9/h8-9H,3-7,12H2,1-2H3,(H,13,15). The number of likely N-dealkylation sites (tertiary alicyclic amines) is 1. The van der Waals surface area contributed by atoms with Crippen LogP contribution in [0.5, 0.6) is 0 Å². The molecule has 1 aliphatic heterocycles. The molecule has 0 aromatic carbocycles. The van der Waals surface area contributed by atoms with Gasteiger partial charge in [-0.05, 0) is 39.5 Å². The quantitative estimate of drug-likeness (QED) is 0.681. The summed E-state index contributed by atoms with van der Waals surface area (Å²) >= 11 is 0. The Hall–Kier alpha value is -0.770. The number of rotatable bonds is 1. The first-order chi connectivity index (χ1) is 6.99. The van der Waals surface area contributed by atoms with Crippen LogP contribution in [0.3, 0.4) is 0 Å². The van der Waals surface area contributed by atoms with Crippen molar-refractivity contribution in [1.82, 2.24) is 10.2 Å². The molecule has 4 nitrogen and oxygen atoms in total. The maximum absolute atomic E-state index is 12.0. The second-order valence-corrected chi connectivity index (χ2v) is 5.45. The molecule has 0 radical (unpaired) electrons. The van der Waals surface area contributed by atoms with Gasteiger partial charge in [-0.25, -0.2) is 4.79 Å². The molecule has 1 atom stereocenters. The third-order valence-corrected chi connectivity index (χ3v) is 3.42. The third-order valence-electron chi connectivity index (χ3n) is 3.42. The van der Waals surface area contributed by atoms with Gasteiger partial charge in [0.1, 0.15) is 0 Å². The minimum Gasteiger partial charge on any atom is -0.335 e. The summed E-state index contributed by atoms with van der Waals surface area (Å²) in [6.07, 6.45) is 4.27. The first-order valence-electron chi connectivity index (χ1n) is 5.83. The van der Waals surface area contributed by atoms with Crippen LogP contribution < -0.4 is 11.1 Å². The first kappa shape index (κ1) is 10.7. The molecule has 0 bridgehead atoms. The lowest BCUT2D eigenvalue weighted by Gasteiger charge is -2.44. The average Bonchev–Trinajstić information content (AvgIpc) is 2.93. The molecule has 0 spiro atoms. The van der Waals surface area contributed by atoms with Gasteiger partial charge < -0.3 is 16.0 Å². The topological polar surface area (TPSA) is 58.4 Å². The zero-order valence-corrected chi connectivity index (χ0v) is 9.62. The van der Waals surface area contributed by atoms with Crippen LogP contribution in [-0.2, 0) is 0 Å². The molecule has 0 aromatic heterocycles. The van der Waals surface area contributed by atoms with Gasteiger partial charge in [0.25, 0.3) is 0 Å². The highest BCUT2D eigenvalue weighted by Crippen LogP contribution is 2.28. The van der Waals surface area contributed by atoms with Gasteiger partial charge in [-0.15, -0.1) is 0 Å². The van der Waals surface area contributed by atoms with Crippen molar-refractivity contribution in [2.75, 3.05) is 6.54 Å². The van der Waals surface area contributed by atoms with E-state index in [4.69, 9.17) is 5.73 Å². The van der Waals surface area contributed by atoms with Crippen LogP contribution in [0.25, 0.3) is 0 Å². The van der Waals surface area contributed by atoms with Crippen LogP contribution in [0.1, 0.15) is 39.5 Å². The van der Waals surface area contributed by atoms with Crippen LogP contribution in [0.4, 0.5) is 4.79 Å². The summed E-state index contributed by atoms with van der Waals surface area (Å²) < 4.78 is 0. The van der Waals surface area contributed by atoms with E-state index in [9.17, 15) is 4.79 Å². The molecule has 86 valence electrons. The fourth-order valence-corrected chi connectivity index (χ4v) is 2.08. The van der Waals surface area contributed by atoms with Crippen molar-refractivity contribution >= 4 is 6.03 Å². The molecule has 15 heavy (non-hydrogen) atoms. The predicted octanol–water partition coefficient (Wildman–Crippen LogP) is 1.06. The Labute approximate surface area is 91.2 Å². The minimum absolute atomic E-state index is 0.0468. The largest absolute Gasteiger partial charge is 0.335 e. The molecular formula is C11H21N3O. The molecule has 2 aliphatic rings. The van der Waals surface area contributed by atoms with Crippen LogP contribution in [-0.4, -0.2) is 35.1 Å². The highest BCUT2D eigenvalue weighted by molar-refractivity contribution is 5.76. The van der Waals surface area contributed by atoms with Crippen molar-refractivity contribution in [3.8, 4) is 0 Å². The molecule has 1 unspecified atom stereocenters. The molecule has 2 rings (SSSR count). The van der Waals surface area contributed by atoms with E-state index in [1.807, 2.05) is 4.90 Å². The van der Waals surface area contributed by atoms with E-state index in [0.29, 0.717) is 12.6 Å². The molecule has 4 heteroatoms. The molecule has 1 heterocycles. The summed E-state index contributed by atoms with van der Waals surface area (Å²) in [6.45, 7) is 4.92. The summed E-state index contributed by atoms with van der Waals surface area (Å²) in [5.41, 5.74) is 5.86. The smallest absolute Gasteiger partial charge is 0.318 e. The summed E-state index contributed by atoms with van der Waals surface area (Å²) in [5.74, 6) is 0. The highest BCUT2D eigenvalue weighted by atomic mass is 16.2. The maximum Gasteiger partial charge on any atom is 0.318 e.